The maximum absolute atomic E-state index is 13.1. The molecule has 0 aliphatic heterocycles. The van der Waals surface area contributed by atoms with Crippen molar-refractivity contribution in [2.45, 2.75) is 46.7 Å². The summed E-state index contributed by atoms with van der Waals surface area (Å²) in [5, 5.41) is 7.21. The number of nitrogens with one attached hydrogen (secondary N) is 1. The number of aldehydes is 1. The molecule has 3 aromatic rings. The Hall–Kier alpha value is -4.03. The molecule has 0 aliphatic carbocycles. The lowest BCUT2D eigenvalue weighted by molar-refractivity contribution is -0.143. The summed E-state index contributed by atoms with van der Waals surface area (Å²) in [5.74, 6) is 0.0559. The number of esters is 1. The van der Waals surface area contributed by atoms with Crippen LogP contribution in [0.25, 0.3) is 11.0 Å². The average molecular weight is 528 g/mol. The fraction of sp³-hybridized carbons (Fsp3) is 0.423. The van der Waals surface area contributed by atoms with E-state index in [1.165, 1.54) is 7.05 Å². The van der Waals surface area contributed by atoms with Gasteiger partial charge in [-0.3, -0.25) is 24.4 Å². The van der Waals surface area contributed by atoms with Gasteiger partial charge in [-0.15, -0.1) is 0 Å². The van der Waals surface area contributed by atoms with Gasteiger partial charge in [-0.05, 0) is 52.4 Å². The number of amides is 1. The van der Waals surface area contributed by atoms with Crippen LogP contribution in [0.5, 0.6) is 5.75 Å². The van der Waals surface area contributed by atoms with E-state index < -0.39 is 0 Å². The van der Waals surface area contributed by atoms with Crippen LogP contribution in [0, 0.1) is 6.92 Å². The number of nitrogens with zero attached hydrogens (tertiary/aromatic N) is 4. The first kappa shape index (κ1) is 30.2. The van der Waals surface area contributed by atoms with Crippen LogP contribution in [0.2, 0.25) is 0 Å². The van der Waals surface area contributed by atoms with Crippen LogP contribution in [-0.2, 0) is 22.6 Å². The second-order valence-corrected chi connectivity index (χ2v) is 7.96. The van der Waals surface area contributed by atoms with Crippen LogP contribution in [0.15, 0.2) is 30.4 Å². The van der Waals surface area contributed by atoms with Crippen molar-refractivity contribution in [1.29, 1.82) is 0 Å². The first-order chi connectivity index (χ1) is 18.4. The second-order valence-electron chi connectivity index (χ2n) is 7.96. The molecule has 0 fully saturated rings. The van der Waals surface area contributed by atoms with Crippen molar-refractivity contribution in [2.24, 2.45) is 11.5 Å². The molecular weight excluding hydrogens is 490 g/mol. The van der Waals surface area contributed by atoms with E-state index in [9.17, 15) is 14.4 Å². The van der Waals surface area contributed by atoms with Crippen LogP contribution in [0.4, 0.5) is 5.95 Å². The van der Waals surface area contributed by atoms with E-state index in [-0.39, 0.29) is 30.9 Å². The Morgan fingerprint density at radius 3 is 2.58 bits per heavy atom. The van der Waals surface area contributed by atoms with Gasteiger partial charge in [-0.25, -0.2) is 4.98 Å². The van der Waals surface area contributed by atoms with E-state index in [1.807, 2.05) is 19.9 Å². The fourth-order valence-electron chi connectivity index (χ4n) is 3.74. The average Bonchev–Trinajstić information content (AvgIpc) is 3.47. The molecule has 0 radical (unpaired) electrons. The Labute approximate surface area is 222 Å². The van der Waals surface area contributed by atoms with Crippen molar-refractivity contribution < 1.29 is 23.9 Å². The summed E-state index contributed by atoms with van der Waals surface area (Å²) in [6, 6.07) is 4.96. The number of aromatic nitrogens is 4. The SMILES string of the molecule is CCOC(=O)CCCOc1cc(C=O)cc2nc(NC(=O)c3cc(C)nn3CC)n(C/C=C/CN)c12.CN. The molecule has 0 saturated carbocycles. The molecule has 0 aliphatic rings. The summed E-state index contributed by atoms with van der Waals surface area (Å²) in [6.45, 7) is 7.29. The second kappa shape index (κ2) is 15.3. The van der Waals surface area contributed by atoms with Gasteiger partial charge in [0.05, 0.1) is 24.4 Å². The highest BCUT2D eigenvalue weighted by atomic mass is 16.5. The molecule has 12 heteroatoms. The maximum Gasteiger partial charge on any atom is 0.305 e. The quantitative estimate of drug-likeness (QED) is 0.131. The monoisotopic (exact) mass is 527 g/mol. The van der Waals surface area contributed by atoms with Crippen molar-refractivity contribution in [3.63, 3.8) is 0 Å². The first-order valence-electron chi connectivity index (χ1n) is 12.5. The molecule has 1 aromatic carbocycles. The summed E-state index contributed by atoms with van der Waals surface area (Å²) in [5.41, 5.74) is 12.7. The van der Waals surface area contributed by atoms with Crippen molar-refractivity contribution in [2.75, 3.05) is 32.1 Å². The number of anilines is 1. The number of hydrogen-bond acceptors (Lipinski definition) is 9. The molecule has 3 rings (SSSR count). The third-order valence-corrected chi connectivity index (χ3v) is 5.30. The van der Waals surface area contributed by atoms with Crippen molar-refractivity contribution in [1.82, 2.24) is 19.3 Å². The number of nitrogens with two attached hydrogens (primary N) is 2. The zero-order valence-corrected chi connectivity index (χ0v) is 22.4. The fourth-order valence-corrected chi connectivity index (χ4v) is 3.74. The number of imidazole rings is 1. The third kappa shape index (κ3) is 7.73. The molecule has 0 bridgehead atoms. The molecule has 0 atom stereocenters. The topological polar surface area (TPSA) is 169 Å². The van der Waals surface area contributed by atoms with E-state index in [2.05, 4.69) is 21.1 Å². The van der Waals surface area contributed by atoms with Crippen LogP contribution in [-0.4, -0.2) is 64.3 Å². The predicted octanol–water partition coefficient (Wildman–Crippen LogP) is 2.44. The maximum atomic E-state index is 13.1. The summed E-state index contributed by atoms with van der Waals surface area (Å²) in [7, 11) is 1.50. The van der Waals surface area contributed by atoms with Gasteiger partial charge in [-0.1, -0.05) is 12.2 Å². The molecule has 206 valence electrons. The van der Waals surface area contributed by atoms with E-state index >= 15 is 0 Å². The number of fused-ring (bicyclic) bond motifs is 1. The van der Waals surface area contributed by atoms with Gasteiger partial charge < -0.3 is 25.5 Å². The van der Waals surface area contributed by atoms with Crippen LogP contribution >= 0.6 is 0 Å². The number of aryl methyl sites for hydroxylation is 2. The molecule has 2 heterocycles. The van der Waals surface area contributed by atoms with Gasteiger partial charge >= 0.3 is 5.97 Å². The molecule has 12 nitrogen and oxygen atoms in total. The van der Waals surface area contributed by atoms with Crippen molar-refractivity contribution in [3.8, 4) is 5.75 Å². The van der Waals surface area contributed by atoms with Gasteiger partial charge in [0.25, 0.3) is 5.91 Å². The number of rotatable bonds is 13. The molecule has 38 heavy (non-hydrogen) atoms. The Balaban J connectivity index is 0.00000247. The lowest BCUT2D eigenvalue weighted by Gasteiger charge is -2.12. The van der Waals surface area contributed by atoms with Crippen LogP contribution < -0.4 is 21.5 Å². The highest BCUT2D eigenvalue weighted by Crippen LogP contribution is 2.31. The molecule has 2 aromatic heterocycles. The Morgan fingerprint density at radius 2 is 1.92 bits per heavy atom. The minimum Gasteiger partial charge on any atom is -0.491 e. The molecule has 0 spiro atoms. The Kier molecular flexibility index (Phi) is 12.1. The number of ether oxygens (including phenoxy) is 2. The van der Waals surface area contributed by atoms with Crippen LogP contribution in [0.1, 0.15) is 53.2 Å². The highest BCUT2D eigenvalue weighted by molar-refractivity contribution is 6.03. The first-order valence-corrected chi connectivity index (χ1v) is 12.5. The Bertz CT molecular complexity index is 1260. The number of carbonyl (C=O) groups is 3. The van der Waals surface area contributed by atoms with Crippen molar-refractivity contribution in [3.05, 3.63) is 47.3 Å². The van der Waals surface area contributed by atoms with E-state index in [1.54, 1.807) is 40.4 Å². The smallest absolute Gasteiger partial charge is 0.305 e. The lowest BCUT2D eigenvalue weighted by atomic mass is 10.2. The summed E-state index contributed by atoms with van der Waals surface area (Å²) < 4.78 is 14.3. The third-order valence-electron chi connectivity index (χ3n) is 5.30. The summed E-state index contributed by atoms with van der Waals surface area (Å²) >= 11 is 0. The number of carbonyl (C=O) groups excluding carboxylic acids is 3. The molecular formula is C26H37N7O5. The number of benzene rings is 1. The van der Waals surface area contributed by atoms with Gasteiger partial charge in [0.2, 0.25) is 5.95 Å². The minimum atomic E-state index is -0.357. The van der Waals surface area contributed by atoms with E-state index in [4.69, 9.17) is 15.2 Å². The minimum absolute atomic E-state index is 0.217. The van der Waals surface area contributed by atoms with E-state index in [0.717, 1.165) is 5.69 Å². The van der Waals surface area contributed by atoms with E-state index in [0.29, 0.717) is 67.0 Å². The molecule has 5 N–H and O–H groups in total. The highest BCUT2D eigenvalue weighted by Gasteiger charge is 2.20. The van der Waals surface area contributed by atoms with Crippen LogP contribution in [0.3, 0.4) is 0 Å². The summed E-state index contributed by atoms with van der Waals surface area (Å²) in [4.78, 5) is 40.9. The molecule has 1 amide bonds. The lowest BCUT2D eigenvalue weighted by Crippen LogP contribution is -2.20. The zero-order valence-electron chi connectivity index (χ0n) is 22.4. The normalized spacial score (nSPS) is 10.8. The molecule has 0 saturated heterocycles. The summed E-state index contributed by atoms with van der Waals surface area (Å²) in [6.07, 6.45) is 5.02. The standard InChI is InChI=1S/C25H32N6O5.CH5N/c1-4-31-20(13-17(3)29-31)24(34)28-25-27-19-14-18(16-32)15-21(23(19)30(25)11-7-6-10-26)36-12-8-9-22(33)35-5-2;1-2/h6-7,13-16H,4-5,8-12,26H2,1-3H3,(H,27,28,34);2H2,1H3/b7-6+;. The van der Waals surface area contributed by atoms with Gasteiger partial charge in [0.1, 0.15) is 23.2 Å². The van der Waals surface area contributed by atoms with Gasteiger partial charge in [0, 0.05) is 31.6 Å². The largest absolute Gasteiger partial charge is 0.491 e. The number of allylic oxidation sites excluding steroid dienone is 1. The van der Waals surface area contributed by atoms with Gasteiger partial charge in [0.15, 0.2) is 0 Å². The number of hydrogen-bond donors (Lipinski definition) is 3. The molecule has 0 unspecified atom stereocenters. The zero-order chi connectivity index (χ0) is 28.1. The van der Waals surface area contributed by atoms with Gasteiger partial charge in [-0.2, -0.15) is 5.10 Å². The van der Waals surface area contributed by atoms with Crippen molar-refractivity contribution >= 4 is 35.1 Å². The Morgan fingerprint density at radius 1 is 1.16 bits per heavy atom. The predicted molar refractivity (Wildman–Crippen MR) is 145 cm³/mol.